The molecule has 0 saturated heterocycles. The summed E-state index contributed by atoms with van der Waals surface area (Å²) in [7, 11) is 1.51. The Balaban J connectivity index is 1.95. The Bertz CT molecular complexity index is 1410. The van der Waals surface area contributed by atoms with Crippen LogP contribution in [-0.2, 0) is 38.4 Å². The van der Waals surface area contributed by atoms with E-state index in [1.165, 1.54) is 68.6 Å². The Morgan fingerprint density at radius 1 is 0.952 bits per heavy atom. The summed E-state index contributed by atoms with van der Waals surface area (Å²) >= 11 is -1.64. The highest BCUT2D eigenvalue weighted by Gasteiger charge is 2.34. The molecular formula is C30H33F3N2O6S. The molecule has 0 fully saturated rings. The van der Waals surface area contributed by atoms with E-state index < -0.39 is 40.5 Å². The Morgan fingerprint density at radius 2 is 1.67 bits per heavy atom. The van der Waals surface area contributed by atoms with Gasteiger partial charge in [-0.05, 0) is 73.9 Å². The molecule has 0 aliphatic rings. The molecule has 1 unspecified atom stereocenters. The van der Waals surface area contributed by atoms with Crippen molar-refractivity contribution in [2.24, 2.45) is 0 Å². The molecule has 3 rings (SSSR count). The van der Waals surface area contributed by atoms with Crippen LogP contribution in [0.2, 0.25) is 0 Å². The van der Waals surface area contributed by atoms with Crippen LogP contribution in [-0.4, -0.2) is 42.3 Å². The highest BCUT2D eigenvalue weighted by molar-refractivity contribution is 7.89. The van der Waals surface area contributed by atoms with E-state index in [1.54, 1.807) is 0 Å². The van der Waals surface area contributed by atoms with Gasteiger partial charge in [0, 0.05) is 25.3 Å². The first-order valence-corrected chi connectivity index (χ1v) is 14.0. The van der Waals surface area contributed by atoms with Crippen LogP contribution in [0.1, 0.15) is 49.2 Å². The number of methoxy groups -OCH3 is 1. The third-order valence-electron chi connectivity index (χ3n) is 5.67. The Labute approximate surface area is 245 Å². The second kappa shape index (κ2) is 14.1. The van der Waals surface area contributed by atoms with Gasteiger partial charge >= 0.3 is 12.1 Å². The molecule has 0 heterocycles. The van der Waals surface area contributed by atoms with E-state index in [0.29, 0.717) is 4.90 Å². The summed E-state index contributed by atoms with van der Waals surface area (Å²) in [5.74, 6) is -0.932. The quantitative estimate of drug-likeness (QED) is 0.154. The number of carbonyl (C=O) groups excluding carboxylic acids is 2. The molecule has 42 heavy (non-hydrogen) atoms. The van der Waals surface area contributed by atoms with E-state index in [2.05, 4.69) is 10.0 Å². The molecule has 8 nitrogen and oxygen atoms in total. The van der Waals surface area contributed by atoms with Crippen molar-refractivity contribution in [1.29, 1.82) is 0 Å². The van der Waals surface area contributed by atoms with Crippen molar-refractivity contribution in [1.82, 2.24) is 4.72 Å². The fourth-order valence-corrected chi connectivity index (χ4v) is 5.04. The SMILES string of the molecule is COCCOc1cc(C(=O)Nc2ccc(-c3ccccc3C(F)(F)F)c(COC(C)=O)c2)ccc1[S+]([O-])NC(C)(C)C. The fraction of sp³-hybridized carbons (Fsp3) is 0.333. The minimum absolute atomic E-state index is 0.0877. The maximum absolute atomic E-state index is 13.7. The minimum atomic E-state index is -4.61. The van der Waals surface area contributed by atoms with Crippen LogP contribution in [0.3, 0.4) is 0 Å². The van der Waals surface area contributed by atoms with Crippen molar-refractivity contribution >= 4 is 28.9 Å². The van der Waals surface area contributed by atoms with Gasteiger partial charge in [-0.1, -0.05) is 24.3 Å². The molecule has 0 aliphatic heterocycles. The molecule has 0 saturated carbocycles. The number of alkyl halides is 3. The molecule has 1 amide bonds. The van der Waals surface area contributed by atoms with E-state index in [-0.39, 0.29) is 53.5 Å². The molecule has 226 valence electrons. The van der Waals surface area contributed by atoms with Gasteiger partial charge in [-0.15, -0.1) is 4.72 Å². The lowest BCUT2D eigenvalue weighted by molar-refractivity contribution is -0.142. The topological polar surface area (TPSA) is 109 Å². The van der Waals surface area contributed by atoms with E-state index in [0.717, 1.165) is 6.07 Å². The zero-order chi connectivity index (χ0) is 31.1. The molecule has 0 bridgehead atoms. The predicted molar refractivity (Wildman–Crippen MR) is 153 cm³/mol. The second-order valence-corrected chi connectivity index (χ2v) is 11.5. The van der Waals surface area contributed by atoms with Gasteiger partial charge in [-0.3, -0.25) is 9.59 Å². The lowest BCUT2D eigenvalue weighted by Crippen LogP contribution is -2.40. The number of amides is 1. The van der Waals surface area contributed by atoms with E-state index in [9.17, 15) is 27.3 Å². The molecule has 0 spiro atoms. The van der Waals surface area contributed by atoms with Gasteiger partial charge in [0.05, 0.1) is 29.1 Å². The Kier molecular flexibility index (Phi) is 11.0. The predicted octanol–water partition coefficient (Wildman–Crippen LogP) is 6.12. The van der Waals surface area contributed by atoms with Crippen molar-refractivity contribution in [2.75, 3.05) is 25.6 Å². The van der Waals surface area contributed by atoms with Crippen LogP contribution >= 0.6 is 0 Å². The van der Waals surface area contributed by atoms with Crippen LogP contribution in [0.15, 0.2) is 65.6 Å². The van der Waals surface area contributed by atoms with Crippen LogP contribution in [0.5, 0.6) is 5.75 Å². The summed E-state index contributed by atoms with van der Waals surface area (Å²) < 4.78 is 73.0. The number of benzene rings is 3. The van der Waals surface area contributed by atoms with Gasteiger partial charge in [0.1, 0.15) is 13.2 Å². The second-order valence-electron chi connectivity index (χ2n) is 10.3. The number of hydrogen-bond acceptors (Lipinski definition) is 7. The van der Waals surface area contributed by atoms with Gasteiger partial charge < -0.3 is 24.1 Å². The van der Waals surface area contributed by atoms with Crippen molar-refractivity contribution in [2.45, 2.75) is 50.9 Å². The number of anilines is 1. The van der Waals surface area contributed by atoms with Gasteiger partial charge in [0.15, 0.2) is 5.75 Å². The summed E-state index contributed by atoms with van der Waals surface area (Å²) in [6, 6.07) is 13.9. The van der Waals surface area contributed by atoms with Crippen LogP contribution in [0.4, 0.5) is 18.9 Å². The van der Waals surface area contributed by atoms with E-state index in [4.69, 9.17) is 14.2 Å². The number of rotatable bonds is 11. The summed E-state index contributed by atoms with van der Waals surface area (Å²) in [5.41, 5.74) is -0.468. The highest BCUT2D eigenvalue weighted by Crippen LogP contribution is 2.39. The molecule has 2 N–H and O–H groups in total. The van der Waals surface area contributed by atoms with E-state index >= 15 is 0 Å². The van der Waals surface area contributed by atoms with Gasteiger partial charge in [0.25, 0.3) is 5.91 Å². The number of esters is 1. The summed E-state index contributed by atoms with van der Waals surface area (Å²) in [5, 5.41) is 2.72. The van der Waals surface area contributed by atoms with Crippen molar-refractivity contribution < 1.29 is 41.5 Å². The first-order chi connectivity index (χ1) is 19.7. The monoisotopic (exact) mass is 606 g/mol. The first kappa shape index (κ1) is 32.9. The number of nitrogens with one attached hydrogen (secondary N) is 2. The molecule has 12 heteroatoms. The molecule has 1 atom stereocenters. The van der Waals surface area contributed by atoms with Crippen LogP contribution < -0.4 is 14.8 Å². The summed E-state index contributed by atoms with van der Waals surface area (Å²) in [6.45, 7) is 6.89. The number of ether oxygens (including phenoxy) is 3. The average Bonchev–Trinajstić information content (AvgIpc) is 2.90. The van der Waals surface area contributed by atoms with E-state index in [1.807, 2.05) is 20.8 Å². The lowest BCUT2D eigenvalue weighted by atomic mass is 9.94. The third-order valence-corrected chi connectivity index (χ3v) is 7.20. The zero-order valence-corrected chi connectivity index (χ0v) is 24.7. The van der Waals surface area contributed by atoms with Gasteiger partial charge in [-0.2, -0.15) is 13.2 Å². The summed E-state index contributed by atoms with van der Waals surface area (Å²) in [6.07, 6.45) is -4.61. The first-order valence-electron chi connectivity index (χ1n) is 12.9. The Morgan fingerprint density at radius 3 is 2.31 bits per heavy atom. The fourth-order valence-electron chi connectivity index (χ4n) is 3.88. The molecule has 3 aromatic carbocycles. The maximum Gasteiger partial charge on any atom is 0.417 e. The summed E-state index contributed by atoms with van der Waals surface area (Å²) in [4.78, 5) is 25.0. The minimum Gasteiger partial charge on any atom is -0.593 e. The standard InChI is InChI=1S/C30H33F3N2O6S/c1-19(36)41-18-21-16-22(11-12-23(21)24-8-6-7-9-25(24)30(31,32)33)34-28(37)20-10-13-27(42(38)35-29(2,3)4)26(17-20)40-15-14-39-5/h6-13,16-17,35H,14-15,18H2,1-5H3,(H,34,37). The van der Waals surface area contributed by atoms with Crippen molar-refractivity contribution in [3.63, 3.8) is 0 Å². The number of halogens is 3. The van der Waals surface area contributed by atoms with Crippen LogP contribution in [0, 0.1) is 0 Å². The van der Waals surface area contributed by atoms with Gasteiger partial charge in [0.2, 0.25) is 4.90 Å². The van der Waals surface area contributed by atoms with Gasteiger partial charge in [-0.25, -0.2) is 0 Å². The molecule has 3 aromatic rings. The normalized spacial score (nSPS) is 12.5. The molecule has 0 radical (unpaired) electrons. The number of carbonyl (C=O) groups is 2. The smallest absolute Gasteiger partial charge is 0.417 e. The Hall–Kier alpha value is -3.58. The van der Waals surface area contributed by atoms with Crippen molar-refractivity contribution in [3.8, 4) is 16.9 Å². The number of hydrogen-bond donors (Lipinski definition) is 2. The third kappa shape index (κ3) is 9.21. The maximum atomic E-state index is 13.7. The zero-order valence-electron chi connectivity index (χ0n) is 23.9. The average molecular weight is 607 g/mol. The van der Waals surface area contributed by atoms with Crippen molar-refractivity contribution in [3.05, 3.63) is 77.4 Å². The highest BCUT2D eigenvalue weighted by atomic mass is 32.2. The largest absolute Gasteiger partial charge is 0.593 e. The van der Waals surface area contributed by atoms with Crippen LogP contribution in [0.25, 0.3) is 11.1 Å². The molecule has 0 aliphatic carbocycles. The lowest BCUT2D eigenvalue weighted by Gasteiger charge is -2.23. The molecular weight excluding hydrogens is 573 g/mol. The molecule has 0 aromatic heterocycles.